The molecule has 1 amide bonds. The molecule has 2 aromatic rings. The summed E-state index contributed by atoms with van der Waals surface area (Å²) in [6.07, 6.45) is 0.800. The summed E-state index contributed by atoms with van der Waals surface area (Å²) in [5.41, 5.74) is 1.81. The first-order valence-corrected chi connectivity index (χ1v) is 9.60. The van der Waals surface area contributed by atoms with Gasteiger partial charge in [-0.15, -0.1) is 0 Å². The summed E-state index contributed by atoms with van der Waals surface area (Å²) in [5.74, 6) is -0.987. The molecule has 0 radical (unpaired) electrons. The first kappa shape index (κ1) is 20.5. The normalized spacial score (nSPS) is 12.3. The molecule has 0 saturated heterocycles. The second kappa shape index (κ2) is 10.3. The predicted molar refractivity (Wildman–Crippen MR) is 101 cm³/mol. The van der Waals surface area contributed by atoms with E-state index in [1.165, 1.54) is 0 Å². The third-order valence-corrected chi connectivity index (χ3v) is 4.65. The molecule has 7 heteroatoms. The molecule has 0 aliphatic heterocycles. The van der Waals surface area contributed by atoms with Gasteiger partial charge in [0.05, 0.1) is 12.3 Å². The van der Waals surface area contributed by atoms with Crippen LogP contribution in [0.1, 0.15) is 37.4 Å². The van der Waals surface area contributed by atoms with E-state index in [0.29, 0.717) is 36.4 Å². The molecule has 0 spiro atoms. The lowest BCUT2D eigenvalue weighted by Crippen LogP contribution is -2.20. The average molecular weight is 382 g/mol. The molecule has 1 unspecified atom stereocenters. The number of amides is 1. The van der Waals surface area contributed by atoms with Crippen molar-refractivity contribution in [2.45, 2.75) is 44.9 Å². The molecule has 2 rings (SSSR count). The highest BCUT2D eigenvalue weighted by molar-refractivity contribution is 7.98. The Bertz CT molecular complexity index is 706. The number of benzene rings is 1. The minimum absolute atomic E-state index is 0.0161. The van der Waals surface area contributed by atoms with Gasteiger partial charge in [0.25, 0.3) is 5.76 Å². The number of hydrogen-bond donors (Lipinski definition) is 2. The molecule has 1 aromatic heterocycles. The van der Waals surface area contributed by atoms with E-state index in [-0.39, 0.29) is 17.6 Å². The van der Waals surface area contributed by atoms with Crippen LogP contribution in [0, 0.1) is 5.92 Å². The molecule has 1 heterocycles. The van der Waals surface area contributed by atoms with Crippen molar-refractivity contribution in [1.82, 2.24) is 5.32 Å². The second-order valence-electron chi connectivity index (χ2n) is 6.04. The summed E-state index contributed by atoms with van der Waals surface area (Å²) in [5, 5.41) is 6.17. The molecule has 0 bridgehead atoms. The molecule has 1 aromatic carbocycles. The van der Waals surface area contributed by atoms with Crippen LogP contribution in [0.2, 0.25) is 0 Å². The van der Waals surface area contributed by atoms with Crippen LogP contribution in [0.5, 0.6) is 0 Å². The molecule has 0 aliphatic rings. The Hall–Kier alpha value is -1.86. The Balaban J connectivity index is 1.81. The van der Waals surface area contributed by atoms with Gasteiger partial charge in [-0.25, -0.2) is 0 Å². The van der Waals surface area contributed by atoms with E-state index in [9.17, 15) is 13.6 Å². The van der Waals surface area contributed by atoms with Crippen molar-refractivity contribution in [2.24, 2.45) is 5.92 Å². The van der Waals surface area contributed by atoms with Crippen molar-refractivity contribution in [3.05, 3.63) is 53.5 Å². The van der Waals surface area contributed by atoms with Gasteiger partial charge in [-0.05, 0) is 36.2 Å². The minimum atomic E-state index is -2.39. The van der Waals surface area contributed by atoms with Gasteiger partial charge in [0, 0.05) is 18.2 Å². The van der Waals surface area contributed by atoms with Crippen LogP contribution in [-0.2, 0) is 23.6 Å². The van der Waals surface area contributed by atoms with Crippen LogP contribution in [0.4, 0.5) is 14.5 Å². The fourth-order valence-electron chi connectivity index (χ4n) is 2.28. The predicted octanol–water partition coefficient (Wildman–Crippen LogP) is 5.01. The van der Waals surface area contributed by atoms with E-state index >= 15 is 0 Å². The Morgan fingerprint density at radius 1 is 1.19 bits per heavy atom. The molecule has 26 heavy (non-hydrogen) atoms. The van der Waals surface area contributed by atoms with Gasteiger partial charge in [-0.1, -0.05) is 37.7 Å². The SMILES string of the molecule is CCC(C)C(=O)Nc1cccc(CNCc2ccc(CSC(F)F)o2)c1. The van der Waals surface area contributed by atoms with E-state index in [1.807, 2.05) is 38.1 Å². The summed E-state index contributed by atoms with van der Waals surface area (Å²) < 4.78 is 29.9. The summed E-state index contributed by atoms with van der Waals surface area (Å²) in [6.45, 7) is 4.99. The highest BCUT2D eigenvalue weighted by Crippen LogP contribution is 2.21. The highest BCUT2D eigenvalue weighted by Gasteiger charge is 2.10. The third kappa shape index (κ3) is 6.80. The lowest BCUT2D eigenvalue weighted by molar-refractivity contribution is -0.119. The number of thioether (sulfide) groups is 1. The maximum Gasteiger partial charge on any atom is 0.284 e. The van der Waals surface area contributed by atoms with Crippen molar-refractivity contribution < 1.29 is 18.0 Å². The molecule has 0 aliphatic carbocycles. The van der Waals surface area contributed by atoms with Crippen LogP contribution < -0.4 is 10.6 Å². The van der Waals surface area contributed by atoms with Crippen molar-refractivity contribution >= 4 is 23.4 Å². The number of nitrogens with one attached hydrogen (secondary N) is 2. The summed E-state index contributed by atoms with van der Waals surface area (Å²) in [7, 11) is 0. The lowest BCUT2D eigenvalue weighted by atomic mass is 10.1. The summed E-state index contributed by atoms with van der Waals surface area (Å²) in [4.78, 5) is 12.0. The second-order valence-corrected chi connectivity index (χ2v) is 7.02. The number of carbonyl (C=O) groups excluding carboxylic acids is 1. The van der Waals surface area contributed by atoms with Crippen LogP contribution in [0.25, 0.3) is 0 Å². The Labute approximate surface area is 156 Å². The highest BCUT2D eigenvalue weighted by atomic mass is 32.2. The first-order chi connectivity index (χ1) is 12.5. The van der Waals surface area contributed by atoms with Crippen LogP contribution in [-0.4, -0.2) is 11.7 Å². The number of rotatable bonds is 10. The van der Waals surface area contributed by atoms with Gasteiger partial charge in [-0.2, -0.15) is 8.78 Å². The number of hydrogen-bond acceptors (Lipinski definition) is 4. The fourth-order valence-corrected chi connectivity index (χ4v) is 2.73. The van der Waals surface area contributed by atoms with E-state index in [2.05, 4.69) is 10.6 Å². The topological polar surface area (TPSA) is 54.3 Å². The summed E-state index contributed by atoms with van der Waals surface area (Å²) >= 11 is 0.546. The molecule has 4 nitrogen and oxygen atoms in total. The number of carbonyl (C=O) groups is 1. The molecule has 2 N–H and O–H groups in total. The van der Waals surface area contributed by atoms with Crippen molar-refractivity contribution in [2.75, 3.05) is 5.32 Å². The molecule has 142 valence electrons. The Kier molecular flexibility index (Phi) is 8.12. The monoisotopic (exact) mass is 382 g/mol. The third-order valence-electron chi connectivity index (χ3n) is 3.95. The molecule has 1 atom stereocenters. The number of halogens is 2. The van der Waals surface area contributed by atoms with Gasteiger partial charge in [0.2, 0.25) is 5.91 Å². The summed E-state index contributed by atoms with van der Waals surface area (Å²) in [6, 6.07) is 11.2. The maximum atomic E-state index is 12.2. The van der Waals surface area contributed by atoms with Crippen LogP contribution >= 0.6 is 11.8 Å². The molecular weight excluding hydrogens is 358 g/mol. The maximum absolute atomic E-state index is 12.2. The van der Waals surface area contributed by atoms with E-state index in [0.717, 1.165) is 17.7 Å². The fraction of sp³-hybridized carbons (Fsp3) is 0.421. The zero-order valence-electron chi connectivity index (χ0n) is 14.9. The first-order valence-electron chi connectivity index (χ1n) is 8.55. The zero-order valence-corrected chi connectivity index (χ0v) is 15.7. The largest absolute Gasteiger partial charge is 0.464 e. The van der Waals surface area contributed by atoms with Crippen molar-refractivity contribution in [1.29, 1.82) is 0 Å². The zero-order chi connectivity index (χ0) is 18.9. The molecule has 0 fully saturated rings. The lowest BCUT2D eigenvalue weighted by Gasteiger charge is -2.11. The van der Waals surface area contributed by atoms with Gasteiger partial charge in [0.1, 0.15) is 11.5 Å². The van der Waals surface area contributed by atoms with Gasteiger partial charge >= 0.3 is 0 Å². The number of furan rings is 1. The van der Waals surface area contributed by atoms with Crippen molar-refractivity contribution in [3.8, 4) is 0 Å². The van der Waals surface area contributed by atoms with Gasteiger partial charge in [-0.3, -0.25) is 4.79 Å². The molecule has 0 saturated carbocycles. The van der Waals surface area contributed by atoms with Crippen LogP contribution in [0.3, 0.4) is 0 Å². The standard InChI is InChI=1S/C19H24F2N2O2S/c1-3-13(2)18(24)23-15-6-4-5-14(9-15)10-22-11-16-7-8-17(25-16)12-26-19(20)21/h4-9,13,19,22H,3,10-12H2,1-2H3,(H,23,24). The number of alkyl halides is 2. The smallest absolute Gasteiger partial charge is 0.284 e. The Morgan fingerprint density at radius 2 is 1.96 bits per heavy atom. The van der Waals surface area contributed by atoms with Gasteiger partial charge < -0.3 is 15.1 Å². The quantitative estimate of drug-likeness (QED) is 0.606. The van der Waals surface area contributed by atoms with Crippen LogP contribution in [0.15, 0.2) is 40.8 Å². The van der Waals surface area contributed by atoms with E-state index < -0.39 is 5.76 Å². The van der Waals surface area contributed by atoms with Crippen molar-refractivity contribution in [3.63, 3.8) is 0 Å². The number of anilines is 1. The van der Waals surface area contributed by atoms with E-state index in [4.69, 9.17) is 4.42 Å². The van der Waals surface area contributed by atoms with E-state index in [1.54, 1.807) is 12.1 Å². The average Bonchev–Trinajstić information content (AvgIpc) is 3.07. The Morgan fingerprint density at radius 3 is 2.69 bits per heavy atom. The minimum Gasteiger partial charge on any atom is -0.464 e. The van der Waals surface area contributed by atoms with Gasteiger partial charge in [0.15, 0.2) is 0 Å². The molecular formula is C19H24F2N2O2S.